The minimum Gasteiger partial charge on any atom is -0.481 e. The van der Waals surface area contributed by atoms with E-state index in [1.54, 1.807) is 6.92 Å². The van der Waals surface area contributed by atoms with E-state index in [4.69, 9.17) is 9.84 Å². The van der Waals surface area contributed by atoms with Gasteiger partial charge in [-0.05, 0) is 17.9 Å². The summed E-state index contributed by atoms with van der Waals surface area (Å²) in [6.07, 6.45) is 0.657. The molecule has 0 radical (unpaired) electrons. The van der Waals surface area contributed by atoms with Gasteiger partial charge >= 0.3 is 5.97 Å². The first-order valence-corrected chi connectivity index (χ1v) is 5.94. The monoisotopic (exact) mass is 236 g/mol. The van der Waals surface area contributed by atoms with Crippen LogP contribution in [-0.4, -0.2) is 17.7 Å². The molecule has 0 bridgehead atoms. The second kappa shape index (κ2) is 7.07. The first kappa shape index (κ1) is 13.7. The number of aliphatic carboxylic acids is 1. The number of hydrogen-bond donors (Lipinski definition) is 1. The van der Waals surface area contributed by atoms with Crippen LogP contribution < -0.4 is 0 Å². The van der Waals surface area contributed by atoms with Gasteiger partial charge < -0.3 is 9.84 Å². The molecule has 0 heterocycles. The number of carbonyl (C=O) groups is 1. The third-order valence-corrected chi connectivity index (χ3v) is 2.69. The van der Waals surface area contributed by atoms with Crippen molar-refractivity contribution in [3.63, 3.8) is 0 Å². The Morgan fingerprint density at radius 1 is 1.29 bits per heavy atom. The smallest absolute Gasteiger partial charge is 0.306 e. The quantitative estimate of drug-likeness (QED) is 0.791. The third-order valence-electron chi connectivity index (χ3n) is 2.69. The SMILES string of the molecule is C[C@H](COCc1ccccc1)C[C@H](C)C(=O)O. The highest BCUT2D eigenvalue weighted by Gasteiger charge is 2.14. The second-order valence-electron chi connectivity index (χ2n) is 4.58. The lowest BCUT2D eigenvalue weighted by Gasteiger charge is -2.14. The van der Waals surface area contributed by atoms with E-state index >= 15 is 0 Å². The molecule has 0 aliphatic heterocycles. The molecule has 0 saturated heterocycles. The van der Waals surface area contributed by atoms with Crippen molar-refractivity contribution in [2.75, 3.05) is 6.61 Å². The van der Waals surface area contributed by atoms with E-state index in [1.807, 2.05) is 37.3 Å². The van der Waals surface area contributed by atoms with Gasteiger partial charge in [-0.3, -0.25) is 4.79 Å². The van der Waals surface area contributed by atoms with Gasteiger partial charge in [-0.1, -0.05) is 44.2 Å². The van der Waals surface area contributed by atoms with Crippen molar-refractivity contribution in [1.82, 2.24) is 0 Å². The normalized spacial score (nSPS) is 14.2. The Morgan fingerprint density at radius 2 is 1.94 bits per heavy atom. The van der Waals surface area contributed by atoms with Crippen LogP contribution in [0.1, 0.15) is 25.8 Å². The Bertz CT molecular complexity index is 335. The van der Waals surface area contributed by atoms with Gasteiger partial charge in [0.1, 0.15) is 0 Å². The van der Waals surface area contributed by atoms with E-state index in [2.05, 4.69) is 0 Å². The molecule has 3 nitrogen and oxygen atoms in total. The summed E-state index contributed by atoms with van der Waals surface area (Å²) in [7, 11) is 0. The lowest BCUT2D eigenvalue weighted by atomic mass is 9.98. The van der Waals surface area contributed by atoms with Gasteiger partial charge in [0.25, 0.3) is 0 Å². The fourth-order valence-corrected chi connectivity index (χ4v) is 1.72. The third kappa shape index (κ3) is 5.50. The lowest BCUT2D eigenvalue weighted by Crippen LogP contribution is -2.16. The van der Waals surface area contributed by atoms with Crippen molar-refractivity contribution in [2.24, 2.45) is 11.8 Å². The maximum absolute atomic E-state index is 10.7. The molecule has 1 aromatic carbocycles. The fourth-order valence-electron chi connectivity index (χ4n) is 1.72. The van der Waals surface area contributed by atoms with Crippen LogP contribution in [0.3, 0.4) is 0 Å². The first-order valence-electron chi connectivity index (χ1n) is 5.94. The topological polar surface area (TPSA) is 46.5 Å². The zero-order valence-corrected chi connectivity index (χ0v) is 10.4. The van der Waals surface area contributed by atoms with Crippen LogP contribution in [0.25, 0.3) is 0 Å². The van der Waals surface area contributed by atoms with Gasteiger partial charge in [-0.25, -0.2) is 0 Å². The number of benzene rings is 1. The van der Waals surface area contributed by atoms with Crippen LogP contribution in [0.5, 0.6) is 0 Å². The minimum absolute atomic E-state index is 0.268. The summed E-state index contributed by atoms with van der Waals surface area (Å²) < 4.78 is 5.57. The number of rotatable bonds is 7. The molecule has 1 N–H and O–H groups in total. The van der Waals surface area contributed by atoms with Crippen molar-refractivity contribution < 1.29 is 14.6 Å². The van der Waals surface area contributed by atoms with Crippen molar-refractivity contribution in [3.8, 4) is 0 Å². The van der Waals surface area contributed by atoms with Crippen LogP contribution >= 0.6 is 0 Å². The fraction of sp³-hybridized carbons (Fsp3) is 0.500. The molecular weight excluding hydrogens is 216 g/mol. The zero-order chi connectivity index (χ0) is 12.7. The standard InChI is InChI=1S/C14H20O3/c1-11(8-12(2)14(15)16)9-17-10-13-6-4-3-5-7-13/h3-7,11-12H,8-10H2,1-2H3,(H,15,16)/t11-,12-/m0/s1. The summed E-state index contributed by atoms with van der Waals surface area (Å²) >= 11 is 0. The summed E-state index contributed by atoms with van der Waals surface area (Å²) in [5, 5.41) is 8.79. The highest BCUT2D eigenvalue weighted by atomic mass is 16.5. The molecule has 0 amide bonds. The van der Waals surface area contributed by atoms with Gasteiger partial charge in [-0.2, -0.15) is 0 Å². The van der Waals surface area contributed by atoms with Crippen LogP contribution in [0.4, 0.5) is 0 Å². The molecular formula is C14H20O3. The predicted octanol–water partition coefficient (Wildman–Crippen LogP) is 2.95. The van der Waals surface area contributed by atoms with E-state index in [0.29, 0.717) is 19.6 Å². The van der Waals surface area contributed by atoms with E-state index in [-0.39, 0.29) is 11.8 Å². The molecule has 0 spiro atoms. The number of carboxylic acid groups (broad SMARTS) is 1. The Hall–Kier alpha value is -1.35. The Balaban J connectivity index is 2.20. The zero-order valence-electron chi connectivity index (χ0n) is 10.4. The number of hydrogen-bond acceptors (Lipinski definition) is 2. The number of carboxylic acids is 1. The van der Waals surface area contributed by atoms with Crippen molar-refractivity contribution in [1.29, 1.82) is 0 Å². The average Bonchev–Trinajstić information content (AvgIpc) is 2.30. The van der Waals surface area contributed by atoms with Crippen molar-refractivity contribution in [2.45, 2.75) is 26.9 Å². The van der Waals surface area contributed by atoms with Crippen LogP contribution in [0.15, 0.2) is 30.3 Å². The molecule has 0 fully saturated rings. The summed E-state index contributed by atoms with van der Waals surface area (Å²) in [5.74, 6) is -0.768. The molecule has 1 rings (SSSR count). The maximum Gasteiger partial charge on any atom is 0.306 e. The second-order valence-corrected chi connectivity index (χ2v) is 4.58. The molecule has 17 heavy (non-hydrogen) atoms. The molecule has 94 valence electrons. The Kier molecular flexibility index (Phi) is 5.70. The van der Waals surface area contributed by atoms with E-state index in [0.717, 1.165) is 5.56 Å². The molecule has 0 unspecified atom stereocenters. The summed E-state index contributed by atoms with van der Waals surface area (Å²) in [6, 6.07) is 9.97. The molecule has 0 aliphatic rings. The summed E-state index contributed by atoms with van der Waals surface area (Å²) in [6.45, 7) is 4.94. The van der Waals surface area contributed by atoms with Gasteiger partial charge in [0.2, 0.25) is 0 Å². The minimum atomic E-state index is -0.736. The van der Waals surface area contributed by atoms with Crippen molar-refractivity contribution >= 4 is 5.97 Å². The molecule has 3 heteroatoms. The first-order chi connectivity index (χ1) is 8.09. The predicted molar refractivity (Wildman–Crippen MR) is 66.7 cm³/mol. The molecule has 0 aromatic heterocycles. The van der Waals surface area contributed by atoms with Crippen LogP contribution in [0, 0.1) is 11.8 Å². The molecule has 2 atom stereocenters. The van der Waals surface area contributed by atoms with Crippen LogP contribution in [0.2, 0.25) is 0 Å². The molecule has 1 aromatic rings. The molecule has 0 saturated carbocycles. The van der Waals surface area contributed by atoms with E-state index in [1.165, 1.54) is 0 Å². The summed E-state index contributed by atoms with van der Waals surface area (Å²) in [5.41, 5.74) is 1.14. The number of ether oxygens (including phenoxy) is 1. The highest BCUT2D eigenvalue weighted by Crippen LogP contribution is 2.13. The highest BCUT2D eigenvalue weighted by molar-refractivity contribution is 5.69. The maximum atomic E-state index is 10.7. The van der Waals surface area contributed by atoms with Gasteiger partial charge in [0, 0.05) is 6.61 Å². The lowest BCUT2D eigenvalue weighted by molar-refractivity contribution is -0.141. The van der Waals surface area contributed by atoms with Crippen molar-refractivity contribution in [3.05, 3.63) is 35.9 Å². The Morgan fingerprint density at radius 3 is 2.53 bits per heavy atom. The van der Waals surface area contributed by atoms with E-state index < -0.39 is 5.97 Å². The average molecular weight is 236 g/mol. The van der Waals surface area contributed by atoms with Gasteiger partial charge in [-0.15, -0.1) is 0 Å². The van der Waals surface area contributed by atoms with Gasteiger partial charge in [0.15, 0.2) is 0 Å². The largest absolute Gasteiger partial charge is 0.481 e. The van der Waals surface area contributed by atoms with E-state index in [9.17, 15) is 4.79 Å². The summed E-state index contributed by atoms with van der Waals surface area (Å²) in [4.78, 5) is 10.7. The van der Waals surface area contributed by atoms with Gasteiger partial charge in [0.05, 0.1) is 12.5 Å². The Labute approximate surface area is 102 Å². The molecule has 0 aliphatic carbocycles. The van der Waals surface area contributed by atoms with Crippen LogP contribution in [-0.2, 0) is 16.1 Å².